The van der Waals surface area contributed by atoms with Crippen molar-refractivity contribution < 1.29 is 9.53 Å². The molecule has 0 saturated carbocycles. The molecule has 0 unspecified atom stereocenters. The topological polar surface area (TPSA) is 73.2 Å². The lowest BCUT2D eigenvalue weighted by molar-refractivity contribution is -0.119. The Morgan fingerprint density at radius 2 is 2.28 bits per heavy atom. The second-order valence-electron chi connectivity index (χ2n) is 6.13. The summed E-state index contributed by atoms with van der Waals surface area (Å²) < 4.78 is 7.15. The van der Waals surface area contributed by atoms with Gasteiger partial charge in [-0.3, -0.25) is 14.2 Å². The van der Waals surface area contributed by atoms with Crippen molar-refractivity contribution in [1.29, 1.82) is 0 Å². The average molecular weight is 382 g/mol. The number of aromatic nitrogens is 2. The fourth-order valence-corrected chi connectivity index (χ4v) is 4.88. The summed E-state index contributed by atoms with van der Waals surface area (Å²) in [6.07, 6.45) is 2.19. The quantitative estimate of drug-likeness (QED) is 0.615. The molecule has 0 aliphatic carbocycles. The second-order valence-corrected chi connectivity index (χ2v) is 8.28. The molecule has 2 aromatic heterocycles. The van der Waals surface area contributed by atoms with E-state index in [0.717, 1.165) is 34.7 Å². The van der Waals surface area contributed by atoms with Gasteiger partial charge in [0.1, 0.15) is 4.83 Å². The minimum Gasteiger partial charge on any atom is -0.376 e. The fraction of sp³-hybridized carbons (Fsp3) is 0.588. The number of amides is 1. The Kier molecular flexibility index (Phi) is 5.81. The Labute approximate surface area is 155 Å². The molecule has 1 aliphatic heterocycles. The van der Waals surface area contributed by atoms with Crippen LogP contribution in [0.5, 0.6) is 0 Å². The van der Waals surface area contributed by atoms with E-state index in [9.17, 15) is 9.59 Å². The molecular weight excluding hydrogens is 358 g/mol. The first-order valence-electron chi connectivity index (χ1n) is 8.53. The third-order valence-corrected chi connectivity index (χ3v) is 6.53. The summed E-state index contributed by atoms with van der Waals surface area (Å²) in [5.74, 6) is 0.185. The molecule has 1 aliphatic rings. The third kappa shape index (κ3) is 3.91. The van der Waals surface area contributed by atoms with E-state index in [1.807, 2.05) is 20.8 Å². The predicted molar refractivity (Wildman–Crippen MR) is 102 cm³/mol. The molecule has 1 amide bonds. The van der Waals surface area contributed by atoms with Crippen LogP contribution >= 0.6 is 23.1 Å². The van der Waals surface area contributed by atoms with Gasteiger partial charge in [0.2, 0.25) is 5.91 Å². The molecule has 1 fully saturated rings. The van der Waals surface area contributed by atoms with Crippen molar-refractivity contribution in [3.8, 4) is 0 Å². The van der Waals surface area contributed by atoms with Gasteiger partial charge in [-0.25, -0.2) is 4.98 Å². The molecule has 1 saturated heterocycles. The Hall–Kier alpha value is -1.38. The van der Waals surface area contributed by atoms with Gasteiger partial charge < -0.3 is 10.1 Å². The van der Waals surface area contributed by atoms with Gasteiger partial charge in [-0.1, -0.05) is 11.8 Å². The van der Waals surface area contributed by atoms with Crippen molar-refractivity contribution in [2.45, 2.75) is 51.4 Å². The van der Waals surface area contributed by atoms with Crippen molar-refractivity contribution in [1.82, 2.24) is 14.9 Å². The van der Waals surface area contributed by atoms with Crippen LogP contribution in [-0.4, -0.2) is 40.5 Å². The van der Waals surface area contributed by atoms with Gasteiger partial charge in [0.05, 0.1) is 17.2 Å². The normalized spacial score (nSPS) is 17.3. The SMILES string of the molecule is CCn1c(SCC(=O)NC[C@H]2CCCO2)nc2sc(C)c(C)c2c1=O. The van der Waals surface area contributed by atoms with Crippen LogP contribution in [0.15, 0.2) is 9.95 Å². The summed E-state index contributed by atoms with van der Waals surface area (Å²) in [6, 6.07) is 0. The lowest BCUT2D eigenvalue weighted by Gasteiger charge is -2.12. The van der Waals surface area contributed by atoms with Gasteiger partial charge in [-0.15, -0.1) is 11.3 Å². The fourth-order valence-electron chi connectivity index (χ4n) is 2.91. The van der Waals surface area contributed by atoms with E-state index in [1.165, 1.54) is 23.1 Å². The molecule has 0 aromatic carbocycles. The Balaban J connectivity index is 1.72. The van der Waals surface area contributed by atoms with E-state index >= 15 is 0 Å². The monoisotopic (exact) mass is 381 g/mol. The van der Waals surface area contributed by atoms with E-state index in [2.05, 4.69) is 10.3 Å². The van der Waals surface area contributed by atoms with Crippen molar-refractivity contribution in [3.63, 3.8) is 0 Å². The maximum atomic E-state index is 12.8. The number of fused-ring (bicyclic) bond motifs is 1. The highest BCUT2D eigenvalue weighted by molar-refractivity contribution is 7.99. The van der Waals surface area contributed by atoms with Crippen LogP contribution in [0.1, 0.15) is 30.2 Å². The number of aryl methyl sites for hydroxylation is 2. The Bertz CT molecular complexity index is 838. The van der Waals surface area contributed by atoms with Gasteiger partial charge in [0, 0.05) is 24.6 Å². The Morgan fingerprint density at radius 1 is 1.48 bits per heavy atom. The highest BCUT2D eigenvalue weighted by atomic mass is 32.2. The van der Waals surface area contributed by atoms with E-state index in [1.54, 1.807) is 4.57 Å². The largest absolute Gasteiger partial charge is 0.376 e. The van der Waals surface area contributed by atoms with E-state index in [4.69, 9.17) is 4.74 Å². The highest BCUT2D eigenvalue weighted by Gasteiger charge is 2.18. The molecular formula is C17H23N3O3S2. The number of rotatable bonds is 6. The van der Waals surface area contributed by atoms with Gasteiger partial charge in [-0.2, -0.15) is 0 Å². The molecule has 0 spiro atoms. The molecule has 3 rings (SSSR count). The third-order valence-electron chi connectivity index (χ3n) is 4.45. The lowest BCUT2D eigenvalue weighted by Crippen LogP contribution is -2.33. The molecule has 8 heteroatoms. The number of thioether (sulfide) groups is 1. The zero-order valence-electron chi connectivity index (χ0n) is 14.8. The summed E-state index contributed by atoms with van der Waals surface area (Å²) in [4.78, 5) is 31.3. The van der Waals surface area contributed by atoms with E-state index in [-0.39, 0.29) is 23.3 Å². The molecule has 1 atom stereocenters. The summed E-state index contributed by atoms with van der Waals surface area (Å²) in [5, 5.41) is 4.21. The number of carbonyl (C=O) groups excluding carboxylic acids is 1. The summed E-state index contributed by atoms with van der Waals surface area (Å²) in [7, 11) is 0. The van der Waals surface area contributed by atoms with Crippen molar-refractivity contribution in [3.05, 3.63) is 20.8 Å². The molecule has 2 aromatic rings. The number of nitrogens with one attached hydrogen (secondary N) is 1. The molecule has 3 heterocycles. The summed E-state index contributed by atoms with van der Waals surface area (Å²) in [6.45, 7) is 7.75. The number of thiophene rings is 1. The lowest BCUT2D eigenvalue weighted by atomic mass is 10.2. The first-order chi connectivity index (χ1) is 12.0. The van der Waals surface area contributed by atoms with E-state index < -0.39 is 0 Å². The first kappa shape index (κ1) is 18.4. The maximum absolute atomic E-state index is 12.8. The van der Waals surface area contributed by atoms with Crippen LogP contribution in [0.25, 0.3) is 10.2 Å². The van der Waals surface area contributed by atoms with Crippen LogP contribution in [-0.2, 0) is 16.1 Å². The summed E-state index contributed by atoms with van der Waals surface area (Å²) >= 11 is 2.84. The zero-order valence-corrected chi connectivity index (χ0v) is 16.4. The van der Waals surface area contributed by atoms with Gasteiger partial charge in [0.25, 0.3) is 5.56 Å². The standard InChI is InChI=1S/C17H23N3O3S2/c1-4-20-16(22)14-10(2)11(3)25-15(14)19-17(20)24-9-13(21)18-8-12-6-5-7-23-12/h12H,4-9H2,1-3H3,(H,18,21)/t12-/m1/s1. The van der Waals surface area contributed by atoms with Crippen molar-refractivity contribution >= 4 is 39.2 Å². The van der Waals surface area contributed by atoms with Crippen LogP contribution in [0, 0.1) is 13.8 Å². The predicted octanol–water partition coefficient (Wildman–Crippen LogP) is 2.48. The minimum atomic E-state index is -0.0592. The van der Waals surface area contributed by atoms with Crippen LogP contribution < -0.4 is 10.9 Å². The Morgan fingerprint density at radius 3 is 2.96 bits per heavy atom. The molecule has 25 heavy (non-hydrogen) atoms. The highest BCUT2D eigenvalue weighted by Crippen LogP contribution is 2.28. The van der Waals surface area contributed by atoms with Gasteiger partial charge in [-0.05, 0) is 39.2 Å². The zero-order chi connectivity index (χ0) is 18.0. The number of nitrogens with zero attached hydrogens (tertiary/aromatic N) is 2. The summed E-state index contributed by atoms with van der Waals surface area (Å²) in [5.41, 5.74) is 0.988. The number of hydrogen-bond acceptors (Lipinski definition) is 6. The average Bonchev–Trinajstić information content (AvgIpc) is 3.20. The first-order valence-corrected chi connectivity index (χ1v) is 10.3. The molecule has 1 N–H and O–H groups in total. The van der Waals surface area contributed by atoms with Crippen LogP contribution in [0.2, 0.25) is 0 Å². The number of carbonyl (C=O) groups is 1. The molecule has 6 nitrogen and oxygen atoms in total. The van der Waals surface area contributed by atoms with Crippen molar-refractivity contribution in [2.24, 2.45) is 0 Å². The van der Waals surface area contributed by atoms with Gasteiger partial charge in [0.15, 0.2) is 5.16 Å². The smallest absolute Gasteiger partial charge is 0.263 e. The minimum absolute atomic E-state index is 0.0170. The van der Waals surface area contributed by atoms with Crippen LogP contribution in [0.3, 0.4) is 0 Å². The van der Waals surface area contributed by atoms with E-state index in [0.29, 0.717) is 23.6 Å². The molecule has 136 valence electrons. The number of ether oxygens (including phenoxy) is 1. The molecule has 0 radical (unpaired) electrons. The number of hydrogen-bond donors (Lipinski definition) is 1. The van der Waals surface area contributed by atoms with Gasteiger partial charge >= 0.3 is 0 Å². The second kappa shape index (κ2) is 7.88. The van der Waals surface area contributed by atoms with Crippen LogP contribution in [0.4, 0.5) is 0 Å². The van der Waals surface area contributed by atoms with Crippen molar-refractivity contribution in [2.75, 3.05) is 18.9 Å². The maximum Gasteiger partial charge on any atom is 0.263 e. The molecule has 0 bridgehead atoms.